The Morgan fingerprint density at radius 1 is 1.30 bits per heavy atom. The molecular weight excluding hydrogens is 384 g/mol. The van der Waals surface area contributed by atoms with Crippen LogP contribution in [0, 0.1) is 0 Å². The normalized spacial score (nSPS) is 23.1. The first-order chi connectivity index (χ1) is 14.7. The summed E-state index contributed by atoms with van der Waals surface area (Å²) in [6.07, 6.45) is 10.2. The van der Waals surface area contributed by atoms with Gasteiger partial charge in [0, 0.05) is 26.0 Å². The number of hydrogen-bond donors (Lipinski definition) is 3. The minimum atomic E-state index is -0.0398. The van der Waals surface area contributed by atoms with Crippen LogP contribution in [0.25, 0.3) is 11.2 Å². The molecular formula is C21H32N6O3. The van der Waals surface area contributed by atoms with Crippen molar-refractivity contribution in [1.29, 1.82) is 0 Å². The fraction of sp³-hybridized carbons (Fsp3) is 0.571. The van der Waals surface area contributed by atoms with Gasteiger partial charge >= 0.3 is 0 Å². The van der Waals surface area contributed by atoms with Gasteiger partial charge in [0.25, 0.3) is 0 Å². The van der Waals surface area contributed by atoms with E-state index in [9.17, 15) is 0 Å². The highest BCUT2D eigenvalue weighted by Gasteiger charge is 2.28. The maximum atomic E-state index is 7.00. The van der Waals surface area contributed by atoms with E-state index in [-0.39, 0.29) is 18.4 Å². The largest absolute Gasteiger partial charge is 0.400 e. The zero-order valence-electron chi connectivity index (χ0n) is 17.6. The molecule has 2 saturated heterocycles. The van der Waals surface area contributed by atoms with E-state index in [1.807, 2.05) is 17.0 Å². The first-order valence-corrected chi connectivity index (χ1v) is 10.4. The number of aromatic nitrogens is 4. The molecule has 4 rings (SSSR count). The monoisotopic (exact) mass is 416 g/mol. The molecule has 0 aliphatic carbocycles. The third-order valence-electron chi connectivity index (χ3n) is 5.29. The topological polar surface area (TPSA) is 106 Å². The Balaban J connectivity index is 0.00000124. The number of nitrogens with one attached hydrogen (secondary N) is 2. The van der Waals surface area contributed by atoms with E-state index in [4.69, 9.17) is 14.6 Å². The maximum absolute atomic E-state index is 7.00. The van der Waals surface area contributed by atoms with Crippen molar-refractivity contribution in [3.05, 3.63) is 37.6 Å². The van der Waals surface area contributed by atoms with Crippen molar-refractivity contribution in [2.24, 2.45) is 0 Å². The van der Waals surface area contributed by atoms with Gasteiger partial charge in [0.2, 0.25) is 0 Å². The Morgan fingerprint density at radius 3 is 2.93 bits per heavy atom. The van der Waals surface area contributed by atoms with Gasteiger partial charge in [-0.1, -0.05) is 12.7 Å². The van der Waals surface area contributed by atoms with Gasteiger partial charge in [-0.2, -0.15) is 0 Å². The lowest BCUT2D eigenvalue weighted by molar-refractivity contribution is 0.000759. The summed E-state index contributed by atoms with van der Waals surface area (Å²) in [5.74, 6) is 0.762. The number of anilines is 1. The van der Waals surface area contributed by atoms with E-state index in [1.54, 1.807) is 6.33 Å². The number of allylic oxidation sites excluding steroid dienone is 1. The van der Waals surface area contributed by atoms with Gasteiger partial charge in [-0.3, -0.25) is 4.57 Å². The first kappa shape index (κ1) is 22.2. The number of ether oxygens (including phenoxy) is 2. The Labute approximate surface area is 177 Å². The van der Waals surface area contributed by atoms with Crippen LogP contribution in [-0.4, -0.2) is 63.6 Å². The molecule has 0 aromatic carbocycles. The average molecular weight is 417 g/mol. The Bertz CT molecular complexity index is 833. The Morgan fingerprint density at radius 2 is 2.17 bits per heavy atom. The molecule has 9 heteroatoms. The lowest BCUT2D eigenvalue weighted by Crippen LogP contribution is -2.20. The van der Waals surface area contributed by atoms with Crippen LogP contribution in [0.3, 0.4) is 0 Å². The lowest BCUT2D eigenvalue weighted by atomic mass is 10.1. The van der Waals surface area contributed by atoms with Crippen molar-refractivity contribution in [3.8, 4) is 0 Å². The van der Waals surface area contributed by atoms with Crippen LogP contribution in [0.15, 0.2) is 37.6 Å². The Hall–Kier alpha value is -2.49. The van der Waals surface area contributed by atoms with Crippen LogP contribution in [0.1, 0.15) is 38.3 Å². The van der Waals surface area contributed by atoms with Crippen molar-refractivity contribution in [2.45, 2.75) is 50.5 Å². The second-order valence-electron chi connectivity index (χ2n) is 7.35. The summed E-state index contributed by atoms with van der Waals surface area (Å²) in [5, 5.41) is 13.7. The van der Waals surface area contributed by atoms with Gasteiger partial charge < -0.3 is 25.2 Å². The SMILES string of the molecule is C=CCNC(=C)CC[C@@H]1CCC(n2cnc3c(N[C@@H]4CCOC4)ncnc32)O1.CO. The molecule has 4 heterocycles. The summed E-state index contributed by atoms with van der Waals surface area (Å²) < 4.78 is 13.7. The van der Waals surface area contributed by atoms with Crippen LogP contribution >= 0.6 is 0 Å². The Kier molecular flexibility index (Phi) is 8.18. The van der Waals surface area contributed by atoms with Gasteiger partial charge in [0.15, 0.2) is 17.0 Å². The fourth-order valence-corrected chi connectivity index (χ4v) is 3.75. The van der Waals surface area contributed by atoms with E-state index in [0.717, 1.165) is 75.0 Å². The van der Waals surface area contributed by atoms with E-state index in [1.165, 1.54) is 0 Å². The highest BCUT2D eigenvalue weighted by molar-refractivity contribution is 5.82. The quantitative estimate of drug-likeness (QED) is 0.535. The molecule has 0 spiro atoms. The van der Waals surface area contributed by atoms with Crippen molar-refractivity contribution in [3.63, 3.8) is 0 Å². The molecule has 0 amide bonds. The number of nitrogens with zero attached hydrogens (tertiary/aromatic N) is 4. The van der Waals surface area contributed by atoms with Crippen molar-refractivity contribution in [2.75, 3.05) is 32.2 Å². The van der Waals surface area contributed by atoms with Crippen molar-refractivity contribution >= 4 is 17.0 Å². The molecule has 2 aromatic rings. The molecule has 1 unspecified atom stereocenters. The molecule has 2 fully saturated rings. The van der Waals surface area contributed by atoms with Gasteiger partial charge in [0.05, 0.1) is 25.1 Å². The van der Waals surface area contributed by atoms with E-state index < -0.39 is 0 Å². The zero-order valence-corrected chi connectivity index (χ0v) is 17.6. The first-order valence-electron chi connectivity index (χ1n) is 10.4. The summed E-state index contributed by atoms with van der Waals surface area (Å²) in [6.45, 7) is 10.00. The molecule has 164 valence electrons. The van der Waals surface area contributed by atoms with Gasteiger partial charge in [-0.25, -0.2) is 15.0 Å². The van der Waals surface area contributed by atoms with Crippen LogP contribution in [0.4, 0.5) is 5.82 Å². The number of fused-ring (bicyclic) bond motifs is 1. The zero-order chi connectivity index (χ0) is 21.3. The predicted octanol–water partition coefficient (Wildman–Crippen LogP) is 2.38. The number of rotatable bonds is 9. The second-order valence-corrected chi connectivity index (χ2v) is 7.35. The number of imidazole rings is 1. The molecule has 3 N–H and O–H groups in total. The number of aliphatic hydroxyl groups excluding tert-OH is 1. The predicted molar refractivity (Wildman–Crippen MR) is 116 cm³/mol. The van der Waals surface area contributed by atoms with Gasteiger partial charge in [-0.05, 0) is 32.1 Å². The summed E-state index contributed by atoms with van der Waals surface area (Å²) in [6, 6.07) is 0.276. The minimum absolute atomic E-state index is 0.0398. The fourth-order valence-electron chi connectivity index (χ4n) is 3.75. The van der Waals surface area contributed by atoms with Crippen LogP contribution in [-0.2, 0) is 9.47 Å². The standard InChI is InChI=1S/C20H28N6O2.CH4O/c1-3-9-21-14(2)4-5-16-6-7-17(28-16)26-13-24-18-19(22-12-23-20(18)26)25-15-8-10-27-11-15;1-2/h3,12-13,15-17,21H,1-2,4-11H2,(H,22,23,25);2H,1H3/t15-,16-,17?;/m1./s1. The molecule has 2 aliphatic heterocycles. The molecule has 9 nitrogen and oxygen atoms in total. The van der Waals surface area contributed by atoms with E-state index in [0.29, 0.717) is 6.61 Å². The molecule has 3 atom stereocenters. The van der Waals surface area contributed by atoms with Crippen LogP contribution < -0.4 is 10.6 Å². The molecule has 2 aromatic heterocycles. The molecule has 2 aliphatic rings. The summed E-state index contributed by atoms with van der Waals surface area (Å²) in [5.41, 5.74) is 2.61. The third kappa shape index (κ3) is 5.35. The molecule has 0 radical (unpaired) electrons. The molecule has 30 heavy (non-hydrogen) atoms. The minimum Gasteiger partial charge on any atom is -0.400 e. The van der Waals surface area contributed by atoms with Crippen LogP contribution in [0.2, 0.25) is 0 Å². The smallest absolute Gasteiger partial charge is 0.167 e. The average Bonchev–Trinajstić information content (AvgIpc) is 3.53. The number of hydrogen-bond acceptors (Lipinski definition) is 8. The summed E-state index contributed by atoms with van der Waals surface area (Å²) in [7, 11) is 1.00. The van der Waals surface area contributed by atoms with Crippen molar-refractivity contribution in [1.82, 2.24) is 24.8 Å². The third-order valence-corrected chi connectivity index (χ3v) is 5.29. The molecule has 0 bridgehead atoms. The molecule has 0 saturated carbocycles. The second kappa shape index (κ2) is 11.1. The van der Waals surface area contributed by atoms with E-state index >= 15 is 0 Å². The lowest BCUT2D eigenvalue weighted by Gasteiger charge is -2.16. The van der Waals surface area contributed by atoms with Crippen molar-refractivity contribution < 1.29 is 14.6 Å². The van der Waals surface area contributed by atoms with Crippen LogP contribution in [0.5, 0.6) is 0 Å². The number of aliphatic hydroxyl groups is 1. The maximum Gasteiger partial charge on any atom is 0.167 e. The highest BCUT2D eigenvalue weighted by Crippen LogP contribution is 2.33. The highest BCUT2D eigenvalue weighted by atomic mass is 16.5. The van der Waals surface area contributed by atoms with Gasteiger partial charge in [-0.15, -0.1) is 6.58 Å². The summed E-state index contributed by atoms with van der Waals surface area (Å²) in [4.78, 5) is 13.4. The summed E-state index contributed by atoms with van der Waals surface area (Å²) >= 11 is 0. The van der Waals surface area contributed by atoms with Gasteiger partial charge in [0.1, 0.15) is 12.6 Å². The van der Waals surface area contributed by atoms with E-state index in [2.05, 4.69) is 38.7 Å².